The molecule has 0 amide bonds. The number of nitrogens with zero attached hydrogens (tertiary/aromatic N) is 1. The molecule has 2 bridgehead atoms. The lowest BCUT2D eigenvalue weighted by molar-refractivity contribution is 0.131. The third-order valence-electron chi connectivity index (χ3n) is 4.36. The first-order valence-corrected chi connectivity index (χ1v) is 7.78. The zero-order valence-corrected chi connectivity index (χ0v) is 12.4. The second-order valence-electron chi connectivity index (χ2n) is 5.53. The molecule has 4 heteroatoms. The summed E-state index contributed by atoms with van der Waals surface area (Å²) in [7, 11) is 0. The molecular weight excluding hydrogens is 292 g/mol. The zero-order chi connectivity index (χ0) is 12.5. The van der Waals surface area contributed by atoms with Crippen LogP contribution in [0.5, 0.6) is 0 Å². The molecule has 0 saturated carbocycles. The lowest BCUT2D eigenvalue weighted by Crippen LogP contribution is -2.47. The van der Waals surface area contributed by atoms with Crippen LogP contribution < -0.4 is 5.32 Å². The fraction of sp³-hybridized carbons (Fsp3) is 0.714. The van der Waals surface area contributed by atoms with Crippen LogP contribution in [0.1, 0.15) is 38.4 Å². The van der Waals surface area contributed by atoms with E-state index in [1.807, 2.05) is 6.07 Å². The molecule has 1 aromatic rings. The lowest BCUT2D eigenvalue weighted by Gasteiger charge is -2.36. The molecule has 2 aliphatic rings. The molecular formula is C14H21BrN2O. The molecule has 0 aromatic carbocycles. The van der Waals surface area contributed by atoms with Crippen molar-refractivity contribution >= 4 is 15.9 Å². The zero-order valence-electron chi connectivity index (χ0n) is 10.9. The smallest absolute Gasteiger partial charge is 0.169 e. The highest BCUT2D eigenvalue weighted by atomic mass is 79.9. The van der Waals surface area contributed by atoms with Gasteiger partial charge in [-0.05, 0) is 60.3 Å². The van der Waals surface area contributed by atoms with E-state index in [0.29, 0.717) is 0 Å². The average Bonchev–Trinajstić information content (AvgIpc) is 2.92. The summed E-state index contributed by atoms with van der Waals surface area (Å²) in [5.74, 6) is 1.06. The third-order valence-corrected chi connectivity index (χ3v) is 4.78. The minimum atomic E-state index is 0.720. The maximum atomic E-state index is 5.64. The van der Waals surface area contributed by atoms with Gasteiger partial charge in [-0.3, -0.25) is 4.90 Å². The summed E-state index contributed by atoms with van der Waals surface area (Å²) in [6.45, 7) is 4.29. The predicted octanol–water partition coefficient (Wildman–Crippen LogP) is 3.15. The Hall–Kier alpha value is -0.320. The van der Waals surface area contributed by atoms with Crippen LogP contribution in [-0.4, -0.2) is 29.6 Å². The molecule has 1 aromatic heterocycles. The van der Waals surface area contributed by atoms with Crippen molar-refractivity contribution < 1.29 is 4.42 Å². The second-order valence-corrected chi connectivity index (χ2v) is 6.31. The number of nitrogens with one attached hydrogen (secondary N) is 1. The van der Waals surface area contributed by atoms with Gasteiger partial charge in [-0.2, -0.15) is 0 Å². The summed E-state index contributed by atoms with van der Waals surface area (Å²) in [5.41, 5.74) is 0. The second kappa shape index (κ2) is 5.35. The van der Waals surface area contributed by atoms with Crippen LogP contribution in [0.2, 0.25) is 0 Å². The summed E-state index contributed by atoms with van der Waals surface area (Å²) in [6.07, 6.45) is 5.33. The van der Waals surface area contributed by atoms with Crippen LogP contribution in [0, 0.1) is 0 Å². The van der Waals surface area contributed by atoms with E-state index in [0.717, 1.165) is 41.6 Å². The van der Waals surface area contributed by atoms with Crippen LogP contribution >= 0.6 is 15.9 Å². The number of piperidine rings is 1. The van der Waals surface area contributed by atoms with Crippen molar-refractivity contribution in [2.24, 2.45) is 0 Å². The van der Waals surface area contributed by atoms with Crippen molar-refractivity contribution in [3.63, 3.8) is 0 Å². The highest BCUT2D eigenvalue weighted by Crippen LogP contribution is 2.30. The Morgan fingerprint density at radius 1 is 1.33 bits per heavy atom. The molecule has 2 atom stereocenters. The van der Waals surface area contributed by atoms with Gasteiger partial charge in [-0.15, -0.1) is 0 Å². The van der Waals surface area contributed by atoms with Crippen LogP contribution in [0.25, 0.3) is 0 Å². The first-order valence-electron chi connectivity index (χ1n) is 6.99. The highest BCUT2D eigenvalue weighted by Gasteiger charge is 2.35. The van der Waals surface area contributed by atoms with E-state index in [2.05, 4.69) is 39.1 Å². The van der Waals surface area contributed by atoms with Gasteiger partial charge in [0.05, 0.1) is 6.54 Å². The summed E-state index contributed by atoms with van der Waals surface area (Å²) >= 11 is 3.37. The summed E-state index contributed by atoms with van der Waals surface area (Å²) in [4.78, 5) is 2.57. The van der Waals surface area contributed by atoms with E-state index in [4.69, 9.17) is 4.42 Å². The van der Waals surface area contributed by atoms with Gasteiger partial charge in [0, 0.05) is 18.1 Å². The minimum absolute atomic E-state index is 0.720. The van der Waals surface area contributed by atoms with E-state index in [9.17, 15) is 0 Å². The van der Waals surface area contributed by atoms with E-state index in [1.54, 1.807) is 0 Å². The maximum absolute atomic E-state index is 5.64. The normalized spacial score (nSPS) is 31.2. The van der Waals surface area contributed by atoms with Crippen LogP contribution in [0.15, 0.2) is 21.2 Å². The molecule has 18 heavy (non-hydrogen) atoms. The maximum Gasteiger partial charge on any atom is 0.169 e. The summed E-state index contributed by atoms with van der Waals surface area (Å²) in [6, 6.07) is 6.28. The number of rotatable bonds is 4. The van der Waals surface area contributed by atoms with Gasteiger partial charge in [0.2, 0.25) is 0 Å². The molecule has 2 saturated heterocycles. The van der Waals surface area contributed by atoms with Gasteiger partial charge in [0.15, 0.2) is 4.67 Å². The van der Waals surface area contributed by atoms with Crippen LogP contribution in [0.3, 0.4) is 0 Å². The van der Waals surface area contributed by atoms with Crippen LogP contribution in [-0.2, 0) is 6.54 Å². The van der Waals surface area contributed by atoms with Gasteiger partial charge < -0.3 is 9.73 Å². The Morgan fingerprint density at radius 2 is 2.06 bits per heavy atom. The molecule has 1 N–H and O–H groups in total. The monoisotopic (exact) mass is 312 g/mol. The van der Waals surface area contributed by atoms with Gasteiger partial charge >= 0.3 is 0 Å². The number of fused-ring (bicyclic) bond motifs is 2. The molecule has 0 radical (unpaired) electrons. The van der Waals surface area contributed by atoms with Crippen molar-refractivity contribution in [1.82, 2.24) is 10.2 Å². The minimum Gasteiger partial charge on any atom is -0.453 e. The van der Waals surface area contributed by atoms with Crippen molar-refractivity contribution in [2.75, 3.05) is 6.54 Å². The predicted molar refractivity (Wildman–Crippen MR) is 75.5 cm³/mol. The molecule has 2 unspecified atom stereocenters. The third kappa shape index (κ3) is 2.65. The Kier molecular flexibility index (Phi) is 3.78. The fourth-order valence-corrected chi connectivity index (χ4v) is 3.80. The number of halogens is 1. The quantitative estimate of drug-likeness (QED) is 0.926. The Morgan fingerprint density at radius 3 is 2.61 bits per heavy atom. The van der Waals surface area contributed by atoms with Gasteiger partial charge in [0.25, 0.3) is 0 Å². The van der Waals surface area contributed by atoms with E-state index < -0.39 is 0 Å². The number of furan rings is 1. The summed E-state index contributed by atoms with van der Waals surface area (Å²) in [5, 5.41) is 3.71. The summed E-state index contributed by atoms with van der Waals surface area (Å²) < 4.78 is 6.47. The van der Waals surface area contributed by atoms with E-state index in [1.165, 1.54) is 25.7 Å². The largest absolute Gasteiger partial charge is 0.453 e. The Balaban J connectivity index is 1.65. The number of hydrogen-bond donors (Lipinski definition) is 1. The first-order chi connectivity index (χ1) is 8.74. The molecule has 100 valence electrons. The van der Waals surface area contributed by atoms with Crippen molar-refractivity contribution in [3.8, 4) is 0 Å². The Labute approximate surface area is 117 Å². The van der Waals surface area contributed by atoms with Gasteiger partial charge in [0.1, 0.15) is 5.76 Å². The molecule has 0 aliphatic carbocycles. The van der Waals surface area contributed by atoms with Crippen LogP contribution in [0.4, 0.5) is 0 Å². The van der Waals surface area contributed by atoms with E-state index >= 15 is 0 Å². The molecule has 2 aliphatic heterocycles. The molecule has 3 rings (SSSR count). The molecule has 2 fully saturated rings. The molecule has 3 heterocycles. The average molecular weight is 313 g/mol. The first kappa shape index (κ1) is 12.7. The SMILES string of the molecule is CCN(Cc1ccc(Br)o1)C1CC2CCC(C1)N2. The van der Waals surface area contributed by atoms with Crippen molar-refractivity contribution in [1.29, 1.82) is 0 Å². The van der Waals surface area contributed by atoms with Gasteiger partial charge in [-0.25, -0.2) is 0 Å². The number of hydrogen-bond acceptors (Lipinski definition) is 3. The van der Waals surface area contributed by atoms with Crippen molar-refractivity contribution in [3.05, 3.63) is 22.6 Å². The highest BCUT2D eigenvalue weighted by molar-refractivity contribution is 9.10. The van der Waals surface area contributed by atoms with Gasteiger partial charge in [-0.1, -0.05) is 6.92 Å². The standard InChI is InChI=1S/C14H21BrN2O/c1-2-17(9-13-5-6-14(15)18-13)12-7-10-3-4-11(8-12)16-10/h5-6,10-12,16H,2-4,7-9H2,1H3. The lowest BCUT2D eigenvalue weighted by atomic mass is 9.98. The Bertz CT molecular complexity index is 394. The van der Waals surface area contributed by atoms with E-state index in [-0.39, 0.29) is 0 Å². The molecule has 3 nitrogen and oxygen atoms in total. The molecule has 0 spiro atoms. The van der Waals surface area contributed by atoms with Crippen molar-refractivity contribution in [2.45, 2.75) is 57.3 Å². The fourth-order valence-electron chi connectivity index (χ4n) is 3.46. The topological polar surface area (TPSA) is 28.4 Å².